The number of oxime groups is 1. The van der Waals surface area contributed by atoms with Crippen LogP contribution in [0.3, 0.4) is 0 Å². The van der Waals surface area contributed by atoms with Crippen molar-refractivity contribution in [3.63, 3.8) is 0 Å². The first-order valence-corrected chi connectivity index (χ1v) is 19.6. The average molecular weight is 799 g/mol. The molecule has 0 aliphatic rings. The molecule has 12 heteroatoms. The van der Waals surface area contributed by atoms with E-state index in [1.165, 1.54) is 89.9 Å². The van der Waals surface area contributed by atoms with Gasteiger partial charge in [0.25, 0.3) is 5.91 Å². The maximum Gasteiger partial charge on any atom is 0.269 e. The Hall–Kier alpha value is -2.60. The number of halogens is 2. The molecule has 2 amide bonds. The molecule has 0 aliphatic carbocycles. The van der Waals surface area contributed by atoms with E-state index in [1.54, 1.807) is 6.20 Å². The van der Waals surface area contributed by atoms with Gasteiger partial charge in [0, 0.05) is 38.0 Å². The number of nitrogen functional groups attached to an aromatic ring is 1. The van der Waals surface area contributed by atoms with Crippen LogP contribution >= 0.6 is 31.9 Å². The molecule has 2 aromatic rings. The second kappa shape index (κ2) is 26.3. The van der Waals surface area contributed by atoms with Crippen molar-refractivity contribution in [3.8, 4) is 5.75 Å². The maximum atomic E-state index is 12.5. The number of nitrogens with two attached hydrogens (primary N) is 1. The smallest absolute Gasteiger partial charge is 0.269 e. The van der Waals surface area contributed by atoms with Gasteiger partial charge in [-0.15, -0.1) is 0 Å². The summed E-state index contributed by atoms with van der Waals surface area (Å²) in [7, 11) is 0. The Morgan fingerprint density at radius 1 is 0.854 bits per heavy atom. The SMILES string of the molecule is CCCCCCCCCCCCCCCCCCC(=O)NCCCOc1c(Br)cc(C/C(=N\O)C(=O)NCCc2cnc(N)[nH]2)cc1Br. The molecule has 0 radical (unpaired) electrons. The van der Waals surface area contributed by atoms with E-state index in [9.17, 15) is 14.8 Å². The van der Waals surface area contributed by atoms with E-state index in [1.807, 2.05) is 12.1 Å². The zero-order chi connectivity index (χ0) is 34.8. The number of H-pyrrole nitrogens is 1. The number of nitrogens with zero attached hydrogens (tertiary/aromatic N) is 2. The predicted molar refractivity (Wildman–Crippen MR) is 202 cm³/mol. The second-order valence-corrected chi connectivity index (χ2v) is 14.2. The minimum Gasteiger partial charge on any atom is -0.491 e. The molecular formula is C36H58Br2N6O4. The number of aromatic amines is 1. The first-order chi connectivity index (χ1) is 23.3. The number of anilines is 1. The van der Waals surface area contributed by atoms with Crippen molar-refractivity contribution < 1.29 is 19.5 Å². The zero-order valence-electron chi connectivity index (χ0n) is 28.9. The topological polar surface area (TPSA) is 155 Å². The molecule has 2 rings (SSSR count). The molecule has 270 valence electrons. The maximum absolute atomic E-state index is 12.5. The van der Waals surface area contributed by atoms with E-state index in [4.69, 9.17) is 10.5 Å². The summed E-state index contributed by atoms with van der Waals surface area (Å²) in [6, 6.07) is 3.65. The molecule has 1 aromatic carbocycles. The summed E-state index contributed by atoms with van der Waals surface area (Å²) in [5.74, 6) is 0.585. The lowest BCUT2D eigenvalue weighted by Gasteiger charge is -2.13. The largest absolute Gasteiger partial charge is 0.491 e. The van der Waals surface area contributed by atoms with Gasteiger partial charge in [-0.3, -0.25) is 9.59 Å². The van der Waals surface area contributed by atoms with E-state index < -0.39 is 5.91 Å². The van der Waals surface area contributed by atoms with Crippen LogP contribution in [0.2, 0.25) is 0 Å². The van der Waals surface area contributed by atoms with E-state index in [0.717, 1.165) is 24.1 Å². The van der Waals surface area contributed by atoms with Gasteiger partial charge in [-0.2, -0.15) is 0 Å². The third-order valence-corrected chi connectivity index (χ3v) is 9.47. The van der Waals surface area contributed by atoms with Crippen molar-refractivity contribution >= 4 is 55.3 Å². The Balaban J connectivity index is 1.50. The summed E-state index contributed by atoms with van der Waals surface area (Å²) in [6.07, 6.45) is 24.7. The Labute approximate surface area is 304 Å². The van der Waals surface area contributed by atoms with Crippen LogP contribution in [0, 0.1) is 0 Å². The van der Waals surface area contributed by atoms with Crippen LogP contribution in [-0.2, 0) is 22.4 Å². The Morgan fingerprint density at radius 3 is 1.94 bits per heavy atom. The van der Waals surface area contributed by atoms with Crippen LogP contribution < -0.4 is 21.1 Å². The third kappa shape index (κ3) is 18.8. The molecule has 1 heterocycles. The first-order valence-electron chi connectivity index (χ1n) is 18.0. The number of hydrogen-bond donors (Lipinski definition) is 5. The van der Waals surface area contributed by atoms with Gasteiger partial charge >= 0.3 is 0 Å². The van der Waals surface area contributed by atoms with Crippen LogP contribution in [0.4, 0.5) is 5.95 Å². The minimum absolute atomic E-state index is 0.0121. The molecule has 0 spiro atoms. The number of ether oxygens (including phenoxy) is 1. The number of hydrogen-bond acceptors (Lipinski definition) is 7. The summed E-state index contributed by atoms with van der Waals surface area (Å²) in [5, 5.41) is 18.4. The lowest BCUT2D eigenvalue weighted by atomic mass is 10.0. The predicted octanol–water partition coefficient (Wildman–Crippen LogP) is 8.79. The average Bonchev–Trinajstić information content (AvgIpc) is 3.48. The van der Waals surface area contributed by atoms with Gasteiger partial charge < -0.3 is 31.3 Å². The number of carbonyl (C=O) groups excluding carboxylic acids is 2. The molecule has 0 unspecified atom stereocenters. The van der Waals surface area contributed by atoms with Crippen LogP contribution in [0.5, 0.6) is 5.75 Å². The fourth-order valence-corrected chi connectivity index (χ4v) is 7.03. The summed E-state index contributed by atoms with van der Waals surface area (Å²) in [5.41, 5.74) is 7.11. The van der Waals surface area contributed by atoms with E-state index in [0.29, 0.717) is 59.6 Å². The van der Waals surface area contributed by atoms with Gasteiger partial charge in [0.15, 0.2) is 5.95 Å². The van der Waals surface area contributed by atoms with Gasteiger partial charge in [0.1, 0.15) is 11.5 Å². The van der Waals surface area contributed by atoms with Crippen molar-refractivity contribution in [1.82, 2.24) is 20.6 Å². The summed E-state index contributed by atoms with van der Waals surface area (Å²) in [4.78, 5) is 31.6. The number of aromatic nitrogens is 2. The highest BCUT2D eigenvalue weighted by molar-refractivity contribution is 9.11. The fraction of sp³-hybridized carbons (Fsp3) is 0.667. The van der Waals surface area contributed by atoms with Gasteiger partial charge in [0.2, 0.25) is 5.91 Å². The molecule has 6 N–H and O–H groups in total. The summed E-state index contributed by atoms with van der Waals surface area (Å²) in [6.45, 7) is 3.60. The molecular weight excluding hydrogens is 740 g/mol. The van der Waals surface area contributed by atoms with Crippen molar-refractivity contribution in [1.29, 1.82) is 0 Å². The van der Waals surface area contributed by atoms with Crippen LogP contribution in [0.25, 0.3) is 0 Å². The molecule has 1 aromatic heterocycles. The number of amides is 2. The normalized spacial score (nSPS) is 11.5. The van der Waals surface area contributed by atoms with Crippen molar-refractivity contribution in [2.45, 2.75) is 135 Å². The van der Waals surface area contributed by atoms with E-state index in [2.05, 4.69) is 64.5 Å². The Bertz CT molecular complexity index is 1200. The first kappa shape index (κ1) is 41.6. The number of unbranched alkanes of at least 4 members (excludes halogenated alkanes) is 15. The Kier molecular flexibility index (Phi) is 22.8. The van der Waals surface area contributed by atoms with E-state index >= 15 is 0 Å². The number of benzene rings is 1. The van der Waals surface area contributed by atoms with E-state index in [-0.39, 0.29) is 18.0 Å². The standard InChI is InChI=1S/C36H58Br2N6O4/c1-2-3-4-5-6-7-8-9-10-11-12-13-14-15-16-17-19-33(45)40-21-18-23-48-34-30(37)24-28(25-31(34)38)26-32(44-47)35(46)41-22-20-29-27-42-36(39)43-29/h24-25,27,47H,2-23,26H2,1H3,(H,40,45)(H,41,46)(H3,39,42,43)/b44-32+. The van der Waals surface area contributed by atoms with Gasteiger partial charge in [-0.1, -0.05) is 108 Å². The third-order valence-electron chi connectivity index (χ3n) is 8.29. The second-order valence-electron chi connectivity index (χ2n) is 12.5. The molecule has 48 heavy (non-hydrogen) atoms. The van der Waals surface area contributed by atoms with Crippen molar-refractivity contribution in [2.75, 3.05) is 25.4 Å². The van der Waals surface area contributed by atoms with Crippen LogP contribution in [-0.4, -0.2) is 52.4 Å². The zero-order valence-corrected chi connectivity index (χ0v) is 32.1. The molecule has 0 saturated carbocycles. The monoisotopic (exact) mass is 796 g/mol. The van der Waals surface area contributed by atoms with Gasteiger partial charge in [-0.25, -0.2) is 4.98 Å². The van der Waals surface area contributed by atoms with Gasteiger partial charge in [-0.05, 0) is 62.4 Å². The van der Waals surface area contributed by atoms with Crippen molar-refractivity contribution in [3.05, 3.63) is 38.5 Å². The fourth-order valence-electron chi connectivity index (χ4n) is 5.52. The summed E-state index contributed by atoms with van der Waals surface area (Å²) >= 11 is 7.08. The molecule has 0 aliphatic heterocycles. The molecule has 0 saturated heterocycles. The highest BCUT2D eigenvalue weighted by Crippen LogP contribution is 2.35. The molecule has 0 atom stereocenters. The highest BCUT2D eigenvalue weighted by Gasteiger charge is 2.16. The summed E-state index contributed by atoms with van der Waals surface area (Å²) < 4.78 is 7.36. The number of imidazole rings is 1. The minimum atomic E-state index is -0.464. The van der Waals surface area contributed by atoms with Crippen LogP contribution in [0.15, 0.2) is 32.4 Å². The molecule has 0 bridgehead atoms. The number of rotatable bonds is 28. The quantitative estimate of drug-likeness (QED) is 0.0251. The number of nitrogens with one attached hydrogen (secondary N) is 3. The molecule has 0 fully saturated rings. The lowest BCUT2D eigenvalue weighted by molar-refractivity contribution is -0.121. The lowest BCUT2D eigenvalue weighted by Crippen LogP contribution is -2.33. The van der Waals surface area contributed by atoms with Crippen molar-refractivity contribution in [2.24, 2.45) is 5.16 Å². The number of carbonyl (C=O) groups is 2. The van der Waals surface area contributed by atoms with Gasteiger partial charge in [0.05, 0.1) is 21.7 Å². The molecule has 10 nitrogen and oxygen atoms in total. The van der Waals surface area contributed by atoms with Crippen LogP contribution in [0.1, 0.15) is 134 Å². The highest BCUT2D eigenvalue weighted by atomic mass is 79.9. The Morgan fingerprint density at radius 2 is 1.42 bits per heavy atom.